The maximum absolute atomic E-state index is 11.8. The maximum atomic E-state index is 11.8. The van der Waals surface area contributed by atoms with Crippen molar-refractivity contribution in [2.24, 2.45) is 10.3 Å². The third-order valence-electron chi connectivity index (χ3n) is 2.54. The van der Waals surface area contributed by atoms with Crippen LogP contribution in [0.15, 0.2) is 28.3 Å². The predicted octanol–water partition coefficient (Wildman–Crippen LogP) is -0.0283. The molecule has 2 rings (SSSR count). The molecular weight excluding hydrogens is 272 g/mol. The number of nitro groups is 1. The van der Waals surface area contributed by atoms with Crippen LogP contribution in [-0.2, 0) is 9.59 Å². The molecule has 8 nitrogen and oxygen atoms in total. The Balaban J connectivity index is 2.12. The molecule has 0 aromatic heterocycles. The Morgan fingerprint density at radius 1 is 1.47 bits per heavy atom. The first kappa shape index (κ1) is 13.3. The predicted molar refractivity (Wildman–Crippen MR) is 68.5 cm³/mol. The number of rotatable bonds is 2. The van der Waals surface area contributed by atoms with Gasteiger partial charge in [0.2, 0.25) is 5.91 Å². The lowest BCUT2D eigenvalue weighted by molar-refractivity contribution is -0.419. The van der Waals surface area contributed by atoms with E-state index in [0.29, 0.717) is 0 Å². The van der Waals surface area contributed by atoms with Gasteiger partial charge in [0.15, 0.2) is 0 Å². The molecule has 0 bridgehead atoms. The summed E-state index contributed by atoms with van der Waals surface area (Å²) in [5.74, 6) is -1.44. The summed E-state index contributed by atoms with van der Waals surface area (Å²) >= 11 is 1.17. The average Bonchev–Trinajstić information content (AvgIpc) is 2.78. The third kappa shape index (κ3) is 2.81. The second kappa shape index (κ2) is 5.22. The number of carbonyl (C=O) groups excluding carboxylic acids is 2. The Bertz CT molecular complexity index is 540. The van der Waals surface area contributed by atoms with Gasteiger partial charge < -0.3 is 0 Å². The molecule has 2 N–H and O–H groups in total. The highest BCUT2D eigenvalue weighted by Gasteiger charge is 2.37. The number of amides is 2. The Hall–Kier alpha value is -2.16. The number of fused-ring (bicyclic) bond motifs is 1. The second-order valence-corrected chi connectivity index (χ2v) is 4.85. The molecule has 0 saturated heterocycles. The molecule has 0 fully saturated rings. The van der Waals surface area contributed by atoms with Crippen LogP contribution in [0, 0.1) is 16.0 Å². The molecule has 1 heterocycles. The van der Waals surface area contributed by atoms with Crippen molar-refractivity contribution in [2.75, 3.05) is 0 Å². The first-order valence-electron chi connectivity index (χ1n) is 5.34. The lowest BCUT2D eigenvalue weighted by Crippen LogP contribution is -2.45. The number of allylic oxidation sites excluding steroid dienone is 2. The van der Waals surface area contributed by atoms with Crippen LogP contribution < -0.4 is 10.9 Å². The van der Waals surface area contributed by atoms with E-state index in [4.69, 9.17) is 0 Å². The van der Waals surface area contributed by atoms with Crippen LogP contribution in [0.2, 0.25) is 0 Å². The van der Waals surface area contributed by atoms with Gasteiger partial charge in [-0.3, -0.25) is 30.6 Å². The molecule has 1 aliphatic heterocycles. The summed E-state index contributed by atoms with van der Waals surface area (Å²) in [5.41, 5.74) is 4.44. The summed E-state index contributed by atoms with van der Waals surface area (Å²) in [6.07, 6.45) is 4.45. The minimum absolute atomic E-state index is 0.0659. The summed E-state index contributed by atoms with van der Waals surface area (Å²) in [6.45, 7) is 1.25. The quantitative estimate of drug-likeness (QED) is 0.419. The van der Waals surface area contributed by atoms with Gasteiger partial charge >= 0.3 is 0 Å². The van der Waals surface area contributed by atoms with E-state index in [0.717, 1.165) is 0 Å². The van der Waals surface area contributed by atoms with Gasteiger partial charge in [-0.1, -0.05) is 6.08 Å². The van der Waals surface area contributed by atoms with Gasteiger partial charge in [-0.2, -0.15) is 0 Å². The molecule has 2 atom stereocenters. The first-order valence-corrected chi connectivity index (χ1v) is 6.17. The summed E-state index contributed by atoms with van der Waals surface area (Å²) in [6, 6.07) is 0. The SMILES string of the molecule is CC(=O)NNC(=O)C1=NSC2C=CC([N+](=O)[O-])=CC12. The van der Waals surface area contributed by atoms with Crippen LogP contribution in [0.25, 0.3) is 0 Å². The molecule has 2 aliphatic rings. The van der Waals surface area contributed by atoms with Crippen molar-refractivity contribution in [2.45, 2.75) is 12.2 Å². The number of nitrogens with zero attached hydrogens (tertiary/aromatic N) is 2. The van der Waals surface area contributed by atoms with E-state index >= 15 is 0 Å². The molecule has 0 aromatic carbocycles. The van der Waals surface area contributed by atoms with Crippen molar-refractivity contribution in [3.05, 3.63) is 34.0 Å². The molecule has 0 saturated carbocycles. The van der Waals surface area contributed by atoms with Crippen LogP contribution in [0.5, 0.6) is 0 Å². The van der Waals surface area contributed by atoms with Gasteiger partial charge in [0.25, 0.3) is 11.6 Å². The molecule has 2 unspecified atom stereocenters. The van der Waals surface area contributed by atoms with Crippen molar-refractivity contribution < 1.29 is 14.5 Å². The van der Waals surface area contributed by atoms with Gasteiger partial charge in [-0.05, 0) is 11.9 Å². The zero-order chi connectivity index (χ0) is 14.0. The van der Waals surface area contributed by atoms with Crippen molar-refractivity contribution in [1.82, 2.24) is 10.9 Å². The molecule has 0 spiro atoms. The van der Waals surface area contributed by atoms with E-state index in [1.165, 1.54) is 31.0 Å². The average molecular weight is 282 g/mol. The van der Waals surface area contributed by atoms with Crippen molar-refractivity contribution in [3.8, 4) is 0 Å². The van der Waals surface area contributed by atoms with Gasteiger partial charge in [-0.15, -0.1) is 0 Å². The van der Waals surface area contributed by atoms with Gasteiger partial charge in [0, 0.05) is 25.0 Å². The summed E-state index contributed by atoms with van der Waals surface area (Å²) in [4.78, 5) is 32.7. The van der Waals surface area contributed by atoms with E-state index in [2.05, 4.69) is 15.2 Å². The molecular formula is C10H10N4O4S. The molecule has 0 radical (unpaired) electrons. The zero-order valence-electron chi connectivity index (χ0n) is 9.82. The maximum Gasteiger partial charge on any atom is 0.285 e. The van der Waals surface area contributed by atoms with E-state index in [-0.39, 0.29) is 16.7 Å². The third-order valence-corrected chi connectivity index (χ3v) is 3.54. The number of carbonyl (C=O) groups is 2. The van der Waals surface area contributed by atoms with Crippen molar-refractivity contribution in [3.63, 3.8) is 0 Å². The van der Waals surface area contributed by atoms with Crippen molar-refractivity contribution >= 4 is 29.5 Å². The molecule has 100 valence electrons. The number of hydrogen-bond acceptors (Lipinski definition) is 6. The fraction of sp³-hybridized carbons (Fsp3) is 0.300. The van der Waals surface area contributed by atoms with E-state index < -0.39 is 22.7 Å². The Morgan fingerprint density at radius 2 is 2.21 bits per heavy atom. The minimum atomic E-state index is -0.565. The topological polar surface area (TPSA) is 114 Å². The zero-order valence-corrected chi connectivity index (χ0v) is 10.6. The summed E-state index contributed by atoms with van der Waals surface area (Å²) in [5, 5.41) is 10.6. The Kier molecular flexibility index (Phi) is 3.65. The standard InChI is InChI=1S/C10H10N4O4S/c1-5(15)11-12-10(16)9-7-4-6(14(17)18)2-3-8(7)19-13-9/h2-4,7-8H,1H3,(H,11,15)(H,12,16). The molecule has 2 amide bonds. The number of hydrazine groups is 1. The van der Waals surface area contributed by atoms with Gasteiger partial charge in [-0.25, -0.2) is 4.40 Å². The van der Waals surface area contributed by atoms with E-state index in [9.17, 15) is 19.7 Å². The molecule has 0 aromatic rings. The highest BCUT2D eigenvalue weighted by Crippen LogP contribution is 2.35. The van der Waals surface area contributed by atoms with Crippen molar-refractivity contribution in [1.29, 1.82) is 0 Å². The van der Waals surface area contributed by atoms with Crippen LogP contribution in [0.3, 0.4) is 0 Å². The highest BCUT2D eigenvalue weighted by molar-refractivity contribution is 7.99. The fourth-order valence-corrected chi connectivity index (χ4v) is 2.61. The Morgan fingerprint density at radius 3 is 2.84 bits per heavy atom. The second-order valence-electron chi connectivity index (χ2n) is 3.92. The Labute approximate surface area is 112 Å². The largest absolute Gasteiger partial charge is 0.285 e. The highest BCUT2D eigenvalue weighted by atomic mass is 32.2. The minimum Gasteiger partial charge on any atom is -0.274 e. The van der Waals surface area contributed by atoms with Crippen LogP contribution in [0.1, 0.15) is 6.92 Å². The molecule has 19 heavy (non-hydrogen) atoms. The smallest absolute Gasteiger partial charge is 0.274 e. The lowest BCUT2D eigenvalue weighted by Gasteiger charge is -2.15. The number of hydrogen-bond donors (Lipinski definition) is 2. The van der Waals surface area contributed by atoms with Gasteiger partial charge in [0.05, 0.1) is 10.2 Å². The van der Waals surface area contributed by atoms with Crippen LogP contribution in [-0.4, -0.2) is 27.7 Å². The molecule has 1 aliphatic carbocycles. The van der Waals surface area contributed by atoms with Crippen LogP contribution >= 0.6 is 11.9 Å². The van der Waals surface area contributed by atoms with Gasteiger partial charge in [0.1, 0.15) is 5.71 Å². The van der Waals surface area contributed by atoms with Crippen LogP contribution in [0.4, 0.5) is 0 Å². The van der Waals surface area contributed by atoms with E-state index in [1.54, 1.807) is 6.08 Å². The number of nitrogens with one attached hydrogen (secondary N) is 2. The van der Waals surface area contributed by atoms with E-state index in [1.807, 2.05) is 0 Å². The first-order chi connectivity index (χ1) is 8.99. The summed E-state index contributed by atoms with van der Waals surface area (Å²) < 4.78 is 4.00. The molecule has 9 heteroatoms. The normalized spacial score (nSPS) is 24.1. The lowest BCUT2D eigenvalue weighted by atomic mass is 9.93. The monoisotopic (exact) mass is 282 g/mol. The fourth-order valence-electron chi connectivity index (χ4n) is 1.68. The summed E-state index contributed by atoms with van der Waals surface area (Å²) in [7, 11) is 0.